The predicted octanol–water partition coefficient (Wildman–Crippen LogP) is 2.91. The topological polar surface area (TPSA) is 93.7 Å². The van der Waals surface area contributed by atoms with Gasteiger partial charge in [-0.15, -0.1) is 11.3 Å². The number of ether oxygens (including phenoxy) is 2. The Bertz CT molecular complexity index is 815. The van der Waals surface area contributed by atoms with E-state index in [-0.39, 0.29) is 5.91 Å². The van der Waals surface area contributed by atoms with Crippen molar-refractivity contribution in [3.63, 3.8) is 0 Å². The molecular formula is C18H18N2O5S. The number of rotatable bonds is 7. The maximum Gasteiger partial charge on any atom is 0.331 e. The van der Waals surface area contributed by atoms with E-state index in [9.17, 15) is 14.4 Å². The minimum Gasteiger partial charge on any atom is -0.495 e. The zero-order chi connectivity index (χ0) is 18.9. The van der Waals surface area contributed by atoms with Crippen molar-refractivity contribution in [2.45, 2.75) is 6.92 Å². The molecule has 2 amide bonds. The van der Waals surface area contributed by atoms with E-state index >= 15 is 0 Å². The summed E-state index contributed by atoms with van der Waals surface area (Å²) in [5.74, 6) is -0.969. The Morgan fingerprint density at radius 1 is 1.19 bits per heavy atom. The maximum absolute atomic E-state index is 12.0. The zero-order valence-corrected chi connectivity index (χ0v) is 15.1. The highest BCUT2D eigenvalue weighted by atomic mass is 32.1. The molecule has 0 spiro atoms. The fourth-order valence-electron chi connectivity index (χ4n) is 1.99. The monoisotopic (exact) mass is 374 g/mol. The smallest absolute Gasteiger partial charge is 0.331 e. The second kappa shape index (κ2) is 9.38. The Hall–Kier alpha value is -3.13. The van der Waals surface area contributed by atoms with Crippen molar-refractivity contribution in [3.05, 3.63) is 46.7 Å². The number of benzene rings is 1. The molecule has 0 saturated carbocycles. The molecule has 26 heavy (non-hydrogen) atoms. The second-order valence-electron chi connectivity index (χ2n) is 5.10. The number of anilines is 2. The highest BCUT2D eigenvalue weighted by Crippen LogP contribution is 2.27. The van der Waals surface area contributed by atoms with Gasteiger partial charge < -0.3 is 20.1 Å². The van der Waals surface area contributed by atoms with Gasteiger partial charge in [0.1, 0.15) is 5.75 Å². The third-order valence-corrected chi connectivity index (χ3v) is 3.90. The van der Waals surface area contributed by atoms with Gasteiger partial charge in [-0.2, -0.15) is 0 Å². The van der Waals surface area contributed by atoms with Gasteiger partial charge >= 0.3 is 5.97 Å². The van der Waals surface area contributed by atoms with Crippen LogP contribution in [0.1, 0.15) is 11.8 Å². The lowest BCUT2D eigenvalue weighted by molar-refractivity contribution is -0.142. The average Bonchev–Trinajstić information content (AvgIpc) is 3.11. The van der Waals surface area contributed by atoms with E-state index in [0.717, 1.165) is 4.88 Å². The highest BCUT2D eigenvalue weighted by Gasteiger charge is 2.11. The van der Waals surface area contributed by atoms with Crippen molar-refractivity contribution in [2.24, 2.45) is 0 Å². The minimum absolute atomic E-state index is 0.237. The van der Waals surface area contributed by atoms with Crippen molar-refractivity contribution >= 4 is 46.6 Å². The van der Waals surface area contributed by atoms with Gasteiger partial charge in [0.2, 0.25) is 5.91 Å². The lowest BCUT2D eigenvalue weighted by atomic mass is 10.2. The first-order valence-electron chi connectivity index (χ1n) is 7.61. The van der Waals surface area contributed by atoms with E-state index < -0.39 is 18.5 Å². The van der Waals surface area contributed by atoms with Crippen LogP contribution in [0.15, 0.2) is 41.8 Å². The van der Waals surface area contributed by atoms with E-state index in [1.807, 2.05) is 17.5 Å². The molecule has 2 N–H and O–H groups in total. The number of hydrogen-bond donors (Lipinski definition) is 2. The molecule has 0 aliphatic carbocycles. The molecule has 0 saturated heterocycles. The summed E-state index contributed by atoms with van der Waals surface area (Å²) in [6.45, 7) is 0.937. The molecule has 1 aromatic heterocycles. The van der Waals surface area contributed by atoms with E-state index in [2.05, 4.69) is 10.6 Å². The molecule has 0 unspecified atom stereocenters. The standard InChI is InChI=1S/C18H18N2O5S/c1-12(21)19-13-5-7-16(24-2)15(10-13)20-17(22)11-25-18(23)8-6-14-4-3-9-26-14/h3-10H,11H2,1-2H3,(H,19,21)(H,20,22)/b8-6+. The number of nitrogens with one attached hydrogen (secondary N) is 2. The van der Waals surface area contributed by atoms with Crippen molar-refractivity contribution in [3.8, 4) is 5.75 Å². The third-order valence-electron chi connectivity index (χ3n) is 3.07. The number of methoxy groups -OCH3 is 1. The largest absolute Gasteiger partial charge is 0.495 e. The fourth-order valence-corrected chi connectivity index (χ4v) is 2.61. The SMILES string of the molecule is COc1ccc(NC(C)=O)cc1NC(=O)COC(=O)/C=C/c1cccs1. The van der Waals surface area contributed by atoms with Gasteiger partial charge in [0, 0.05) is 23.6 Å². The van der Waals surface area contributed by atoms with Gasteiger partial charge in [-0.1, -0.05) is 6.07 Å². The molecule has 2 aromatic rings. The number of thiophene rings is 1. The summed E-state index contributed by atoms with van der Waals surface area (Å²) in [5, 5.41) is 7.09. The van der Waals surface area contributed by atoms with Crippen LogP contribution in [-0.4, -0.2) is 31.5 Å². The minimum atomic E-state index is -0.618. The second-order valence-corrected chi connectivity index (χ2v) is 6.08. The lowest BCUT2D eigenvalue weighted by Crippen LogP contribution is -2.20. The van der Waals surface area contributed by atoms with Crippen LogP contribution < -0.4 is 15.4 Å². The Labute approximate surface area is 154 Å². The van der Waals surface area contributed by atoms with Crippen molar-refractivity contribution in [2.75, 3.05) is 24.4 Å². The molecule has 2 rings (SSSR count). The first-order chi connectivity index (χ1) is 12.5. The quantitative estimate of drug-likeness (QED) is 0.574. The van der Waals surface area contributed by atoms with Gasteiger partial charge in [-0.05, 0) is 35.7 Å². The fraction of sp³-hybridized carbons (Fsp3) is 0.167. The van der Waals surface area contributed by atoms with Gasteiger partial charge in [-0.3, -0.25) is 9.59 Å². The van der Waals surface area contributed by atoms with Gasteiger partial charge in [0.15, 0.2) is 6.61 Å². The number of hydrogen-bond acceptors (Lipinski definition) is 6. The first-order valence-corrected chi connectivity index (χ1v) is 8.49. The van der Waals surface area contributed by atoms with Crippen LogP contribution >= 0.6 is 11.3 Å². The summed E-state index contributed by atoms with van der Waals surface area (Å²) in [7, 11) is 1.46. The molecule has 0 atom stereocenters. The van der Waals surface area contributed by atoms with Crippen LogP contribution in [0.2, 0.25) is 0 Å². The first kappa shape index (κ1) is 19.2. The van der Waals surface area contributed by atoms with Crippen LogP contribution in [-0.2, 0) is 19.1 Å². The molecule has 1 heterocycles. The summed E-state index contributed by atoms with van der Waals surface area (Å²) in [6, 6.07) is 8.53. The van der Waals surface area contributed by atoms with E-state index in [0.29, 0.717) is 17.1 Å². The van der Waals surface area contributed by atoms with E-state index in [4.69, 9.17) is 9.47 Å². The molecule has 0 bridgehead atoms. The molecule has 136 valence electrons. The molecule has 1 aromatic carbocycles. The van der Waals surface area contributed by atoms with Gasteiger partial charge in [-0.25, -0.2) is 4.79 Å². The van der Waals surface area contributed by atoms with Crippen molar-refractivity contribution in [1.82, 2.24) is 0 Å². The molecule has 0 fully saturated rings. The molecule has 0 aliphatic rings. The molecule has 7 nitrogen and oxygen atoms in total. The molecule has 0 radical (unpaired) electrons. The van der Waals surface area contributed by atoms with E-state index in [1.54, 1.807) is 24.3 Å². The number of carbonyl (C=O) groups excluding carboxylic acids is 3. The van der Waals surface area contributed by atoms with E-state index in [1.165, 1.54) is 31.4 Å². The van der Waals surface area contributed by atoms with Gasteiger partial charge in [0.25, 0.3) is 5.91 Å². The maximum atomic E-state index is 12.0. The number of amides is 2. The zero-order valence-electron chi connectivity index (χ0n) is 14.3. The van der Waals surface area contributed by atoms with Crippen LogP contribution in [0.4, 0.5) is 11.4 Å². The molecule has 8 heteroatoms. The summed E-state index contributed by atoms with van der Waals surface area (Å²) in [4.78, 5) is 35.7. The summed E-state index contributed by atoms with van der Waals surface area (Å²) in [5.41, 5.74) is 0.860. The van der Waals surface area contributed by atoms with Gasteiger partial charge in [0.05, 0.1) is 12.8 Å². The average molecular weight is 374 g/mol. The van der Waals surface area contributed by atoms with Crippen LogP contribution in [0.25, 0.3) is 6.08 Å². The summed E-state index contributed by atoms with van der Waals surface area (Å²) < 4.78 is 10.1. The normalized spacial score (nSPS) is 10.4. The summed E-state index contributed by atoms with van der Waals surface area (Å²) in [6.07, 6.45) is 2.88. The van der Waals surface area contributed by atoms with Crippen molar-refractivity contribution < 1.29 is 23.9 Å². The highest BCUT2D eigenvalue weighted by molar-refractivity contribution is 7.10. The summed E-state index contributed by atoms with van der Waals surface area (Å²) >= 11 is 1.48. The Morgan fingerprint density at radius 2 is 2.00 bits per heavy atom. The van der Waals surface area contributed by atoms with Crippen LogP contribution in [0, 0.1) is 0 Å². The molecular weight excluding hydrogens is 356 g/mol. The molecule has 0 aliphatic heterocycles. The number of carbonyl (C=O) groups is 3. The van der Waals surface area contributed by atoms with Crippen molar-refractivity contribution in [1.29, 1.82) is 0 Å². The Morgan fingerprint density at radius 3 is 2.65 bits per heavy atom. The predicted molar refractivity (Wildman–Crippen MR) is 100 cm³/mol. The Balaban J connectivity index is 1.92. The van der Waals surface area contributed by atoms with Crippen LogP contribution in [0.3, 0.4) is 0 Å². The number of esters is 1. The third kappa shape index (κ3) is 6.06. The Kier molecular flexibility index (Phi) is 6.92. The van der Waals surface area contributed by atoms with Crippen LogP contribution in [0.5, 0.6) is 5.75 Å². The lowest BCUT2D eigenvalue weighted by Gasteiger charge is -2.12.